The van der Waals surface area contributed by atoms with Gasteiger partial charge in [0, 0.05) is 44.0 Å². The van der Waals surface area contributed by atoms with Crippen molar-refractivity contribution < 1.29 is 19.4 Å². The summed E-state index contributed by atoms with van der Waals surface area (Å²) in [6.45, 7) is 4.27. The zero-order chi connectivity index (χ0) is 25.9. The molecule has 1 N–H and O–H groups in total. The molecule has 37 heavy (non-hydrogen) atoms. The number of benzene rings is 1. The molecule has 3 aliphatic rings. The summed E-state index contributed by atoms with van der Waals surface area (Å²) in [5, 5.41) is 14.6. The number of aromatic nitrogens is 2. The molecule has 2 fully saturated rings. The molecule has 2 aliphatic carbocycles. The number of hydrogen-bond acceptors (Lipinski definition) is 5. The van der Waals surface area contributed by atoms with Crippen molar-refractivity contribution in [1.82, 2.24) is 19.6 Å². The predicted octanol–water partition coefficient (Wildman–Crippen LogP) is 3.64. The smallest absolute Gasteiger partial charge is 0.274 e. The second kappa shape index (κ2) is 11.4. The zero-order valence-corrected chi connectivity index (χ0v) is 22.4. The zero-order valence-electron chi connectivity index (χ0n) is 21.6. The highest BCUT2D eigenvalue weighted by molar-refractivity contribution is 6.32. The summed E-state index contributed by atoms with van der Waals surface area (Å²) in [7, 11) is 0. The fraction of sp³-hybridized carbons (Fsp3) is 0.607. The van der Waals surface area contributed by atoms with Crippen LogP contribution in [0, 0.1) is 12.8 Å². The van der Waals surface area contributed by atoms with Crippen LogP contribution in [-0.2, 0) is 24.2 Å². The third kappa shape index (κ3) is 5.80. The number of fused-ring (bicyclic) bond motifs is 1. The number of carbonyl (C=O) groups is 2. The summed E-state index contributed by atoms with van der Waals surface area (Å²) in [4.78, 5) is 28.5. The van der Waals surface area contributed by atoms with Gasteiger partial charge in [0.15, 0.2) is 5.69 Å². The highest BCUT2D eigenvalue weighted by Gasteiger charge is 2.32. The number of hydrogen-bond donors (Lipinski definition) is 1. The van der Waals surface area contributed by atoms with Crippen molar-refractivity contribution >= 4 is 23.4 Å². The Morgan fingerprint density at radius 2 is 1.81 bits per heavy atom. The molecule has 1 saturated heterocycles. The van der Waals surface area contributed by atoms with Crippen LogP contribution in [0.3, 0.4) is 0 Å². The monoisotopic (exact) mass is 528 g/mol. The number of ether oxygens (including phenoxy) is 1. The molecular weight excluding hydrogens is 492 g/mol. The fourth-order valence-electron chi connectivity index (χ4n) is 6.00. The van der Waals surface area contributed by atoms with Gasteiger partial charge in [-0.25, -0.2) is 0 Å². The topological polar surface area (TPSA) is 87.9 Å². The minimum atomic E-state index is -0.485. The number of aliphatic hydroxyl groups excluding tert-OH is 1. The number of rotatable bonds is 7. The van der Waals surface area contributed by atoms with Crippen LogP contribution in [0.4, 0.5) is 0 Å². The van der Waals surface area contributed by atoms with Gasteiger partial charge in [0.25, 0.3) is 5.91 Å². The first-order valence-electron chi connectivity index (χ1n) is 13.6. The van der Waals surface area contributed by atoms with Gasteiger partial charge in [-0.2, -0.15) is 5.10 Å². The molecule has 1 saturated carbocycles. The van der Waals surface area contributed by atoms with Gasteiger partial charge in [0.2, 0.25) is 5.91 Å². The molecule has 0 unspecified atom stereocenters. The van der Waals surface area contributed by atoms with E-state index in [-0.39, 0.29) is 17.9 Å². The summed E-state index contributed by atoms with van der Waals surface area (Å²) in [5.74, 6) is 1.11. The van der Waals surface area contributed by atoms with Crippen LogP contribution in [0.5, 0.6) is 5.75 Å². The maximum atomic E-state index is 13.3. The summed E-state index contributed by atoms with van der Waals surface area (Å²) < 4.78 is 8.32. The molecule has 0 atom stereocenters. The normalized spacial score (nSPS) is 21.7. The second-order valence-corrected chi connectivity index (χ2v) is 11.1. The van der Waals surface area contributed by atoms with Crippen LogP contribution in [-0.4, -0.2) is 75.4 Å². The lowest BCUT2D eigenvalue weighted by molar-refractivity contribution is -0.135. The molecule has 0 bridgehead atoms. The molecule has 1 aliphatic heterocycles. The first-order valence-corrected chi connectivity index (χ1v) is 14.0. The predicted molar refractivity (Wildman–Crippen MR) is 141 cm³/mol. The molecule has 9 heteroatoms. The van der Waals surface area contributed by atoms with Gasteiger partial charge in [0.05, 0.1) is 11.1 Å². The quantitative estimate of drug-likeness (QED) is 0.593. The third-order valence-corrected chi connectivity index (χ3v) is 8.50. The van der Waals surface area contributed by atoms with Crippen molar-refractivity contribution in [2.75, 3.05) is 32.8 Å². The van der Waals surface area contributed by atoms with E-state index >= 15 is 0 Å². The van der Waals surface area contributed by atoms with Gasteiger partial charge in [-0.3, -0.25) is 14.3 Å². The highest BCUT2D eigenvalue weighted by Crippen LogP contribution is 2.34. The van der Waals surface area contributed by atoms with Gasteiger partial charge >= 0.3 is 0 Å². The Balaban J connectivity index is 1.15. The molecule has 0 radical (unpaired) electrons. The highest BCUT2D eigenvalue weighted by atomic mass is 35.5. The van der Waals surface area contributed by atoms with E-state index in [1.165, 1.54) is 5.69 Å². The number of aliphatic hydroxyl groups is 1. The Morgan fingerprint density at radius 1 is 1.08 bits per heavy atom. The second-order valence-electron chi connectivity index (χ2n) is 10.7. The van der Waals surface area contributed by atoms with E-state index in [0.29, 0.717) is 42.8 Å². The number of halogens is 1. The standard InChI is InChI=1S/C28H37ClN4O4/c1-19-5-10-23(29)25(17-19)37-21-8-6-20(7-9-21)11-12-33-24-4-2-3-22(24)27(30-33)28(36)32-15-13-31(14-16-32)26(35)18-34/h5,10,17,20-21,34H,2-4,6-9,11-16,18H2,1H3/t20-,21+. The first kappa shape index (κ1) is 26.0. The summed E-state index contributed by atoms with van der Waals surface area (Å²) in [6, 6.07) is 5.91. The first-order chi connectivity index (χ1) is 17.9. The van der Waals surface area contributed by atoms with Crippen LogP contribution in [0.1, 0.15) is 65.8 Å². The number of nitrogens with zero attached hydrogens (tertiary/aromatic N) is 4. The molecule has 0 spiro atoms. The number of piperazine rings is 1. The van der Waals surface area contributed by atoms with E-state index in [2.05, 4.69) is 4.68 Å². The molecular formula is C28H37ClN4O4. The Kier molecular flexibility index (Phi) is 8.05. The van der Waals surface area contributed by atoms with Gasteiger partial charge in [-0.15, -0.1) is 0 Å². The van der Waals surface area contributed by atoms with Crippen LogP contribution in [0.2, 0.25) is 5.02 Å². The van der Waals surface area contributed by atoms with E-state index < -0.39 is 6.61 Å². The van der Waals surface area contributed by atoms with Crippen LogP contribution < -0.4 is 4.74 Å². The van der Waals surface area contributed by atoms with Gasteiger partial charge in [0.1, 0.15) is 12.4 Å². The Labute approximate surface area is 223 Å². The third-order valence-electron chi connectivity index (χ3n) is 8.19. The van der Waals surface area contributed by atoms with Gasteiger partial charge in [-0.05, 0) is 81.9 Å². The lowest BCUT2D eigenvalue weighted by atomic mass is 9.85. The Morgan fingerprint density at radius 3 is 2.54 bits per heavy atom. The summed E-state index contributed by atoms with van der Waals surface area (Å²) in [6.07, 6.45) is 8.52. The lowest BCUT2D eigenvalue weighted by Gasteiger charge is -2.34. The molecule has 8 nitrogen and oxygen atoms in total. The van der Waals surface area contributed by atoms with Crippen LogP contribution in [0.25, 0.3) is 0 Å². The molecule has 1 aromatic carbocycles. The Hall–Kier alpha value is -2.58. The van der Waals surface area contributed by atoms with Crippen molar-refractivity contribution in [3.63, 3.8) is 0 Å². The minimum Gasteiger partial charge on any atom is -0.489 e. The molecule has 2 amide bonds. The average molecular weight is 529 g/mol. The summed E-state index contributed by atoms with van der Waals surface area (Å²) in [5.41, 5.74) is 4.09. The van der Waals surface area contributed by atoms with Crippen LogP contribution in [0.15, 0.2) is 18.2 Å². The van der Waals surface area contributed by atoms with E-state index in [9.17, 15) is 9.59 Å². The molecule has 5 rings (SSSR count). The molecule has 2 heterocycles. The van der Waals surface area contributed by atoms with Crippen molar-refractivity contribution in [1.29, 1.82) is 0 Å². The largest absolute Gasteiger partial charge is 0.489 e. The lowest BCUT2D eigenvalue weighted by Crippen LogP contribution is -2.51. The van der Waals surface area contributed by atoms with Crippen molar-refractivity contribution in [2.45, 2.75) is 70.9 Å². The van der Waals surface area contributed by atoms with Crippen molar-refractivity contribution in [3.8, 4) is 5.75 Å². The maximum absolute atomic E-state index is 13.3. The van der Waals surface area contributed by atoms with Gasteiger partial charge in [-0.1, -0.05) is 17.7 Å². The molecule has 2 aromatic rings. The van der Waals surface area contributed by atoms with Crippen molar-refractivity contribution in [2.24, 2.45) is 5.92 Å². The van der Waals surface area contributed by atoms with Crippen molar-refractivity contribution in [3.05, 3.63) is 45.7 Å². The number of carbonyl (C=O) groups excluding carboxylic acids is 2. The van der Waals surface area contributed by atoms with E-state index in [4.69, 9.17) is 26.5 Å². The number of amides is 2. The Bertz CT molecular complexity index is 1130. The number of aryl methyl sites for hydroxylation is 2. The van der Waals surface area contributed by atoms with Crippen LogP contribution >= 0.6 is 11.6 Å². The van der Waals surface area contributed by atoms with E-state index in [1.807, 2.05) is 25.1 Å². The SMILES string of the molecule is Cc1ccc(Cl)c(O[C@H]2CC[C@@H](CCn3nc(C(=O)N4CCN(C(=O)CO)CC4)c4c3CCC4)CC2)c1. The molecule has 200 valence electrons. The minimum absolute atomic E-state index is 0.0273. The van der Waals surface area contributed by atoms with E-state index in [1.54, 1.807) is 9.80 Å². The fourth-order valence-corrected chi connectivity index (χ4v) is 6.16. The average Bonchev–Trinajstić information content (AvgIpc) is 3.53. The van der Waals surface area contributed by atoms with E-state index in [0.717, 1.165) is 74.8 Å². The maximum Gasteiger partial charge on any atom is 0.274 e. The van der Waals surface area contributed by atoms with Gasteiger partial charge < -0.3 is 19.6 Å². The molecule has 1 aromatic heterocycles. The summed E-state index contributed by atoms with van der Waals surface area (Å²) >= 11 is 6.32.